The van der Waals surface area contributed by atoms with Gasteiger partial charge in [0.1, 0.15) is 0 Å². The minimum absolute atomic E-state index is 0.152. The van der Waals surface area contributed by atoms with Gasteiger partial charge in [-0.2, -0.15) is 0 Å². The number of nitrogens with zero attached hydrogens (tertiary/aromatic N) is 1. The number of carbonyl (C=O) groups excluding carboxylic acids is 1. The van der Waals surface area contributed by atoms with Gasteiger partial charge in [-0.1, -0.05) is 44.2 Å². The number of ether oxygens (including phenoxy) is 1. The minimum Gasteiger partial charge on any atom is -0.385 e. The molecular weight excluding hydrogens is 326 g/mol. The zero-order valence-electron chi connectivity index (χ0n) is 16.4. The van der Waals surface area contributed by atoms with Gasteiger partial charge in [-0.25, -0.2) is 0 Å². The van der Waals surface area contributed by atoms with Crippen molar-refractivity contribution in [2.45, 2.75) is 83.1 Å². The van der Waals surface area contributed by atoms with E-state index in [0.29, 0.717) is 31.8 Å². The van der Waals surface area contributed by atoms with Crippen molar-refractivity contribution in [2.24, 2.45) is 5.92 Å². The van der Waals surface area contributed by atoms with E-state index < -0.39 is 5.60 Å². The Morgan fingerprint density at radius 1 is 1.19 bits per heavy atom. The van der Waals surface area contributed by atoms with Gasteiger partial charge >= 0.3 is 0 Å². The summed E-state index contributed by atoms with van der Waals surface area (Å²) in [6.07, 6.45) is 4.94. The van der Waals surface area contributed by atoms with E-state index in [1.807, 2.05) is 35.2 Å². The van der Waals surface area contributed by atoms with E-state index in [1.165, 1.54) is 0 Å². The second kappa shape index (κ2) is 8.10. The fraction of sp³-hybridized carbons (Fsp3) is 0.682. The van der Waals surface area contributed by atoms with E-state index in [9.17, 15) is 9.90 Å². The topological polar surface area (TPSA) is 49.8 Å². The average Bonchev–Trinajstić information content (AvgIpc) is 2.87. The van der Waals surface area contributed by atoms with Gasteiger partial charge in [-0.15, -0.1) is 0 Å². The summed E-state index contributed by atoms with van der Waals surface area (Å²) in [5.74, 6) is 0.790. The molecule has 0 saturated carbocycles. The molecular formula is C22H33NO3. The molecule has 0 radical (unpaired) electrons. The van der Waals surface area contributed by atoms with E-state index >= 15 is 0 Å². The number of hydrogen-bond donors (Lipinski definition) is 1. The molecule has 4 heteroatoms. The number of aliphatic hydroxyl groups is 1. The van der Waals surface area contributed by atoms with Gasteiger partial charge in [0, 0.05) is 24.9 Å². The first-order valence-corrected chi connectivity index (χ1v) is 10.1. The van der Waals surface area contributed by atoms with Gasteiger partial charge in [0.25, 0.3) is 0 Å². The van der Waals surface area contributed by atoms with Gasteiger partial charge in [-0.3, -0.25) is 4.79 Å². The van der Waals surface area contributed by atoms with Crippen molar-refractivity contribution in [3.63, 3.8) is 0 Å². The van der Waals surface area contributed by atoms with Crippen molar-refractivity contribution < 1.29 is 14.6 Å². The molecule has 144 valence electrons. The molecule has 1 amide bonds. The minimum atomic E-state index is -0.799. The van der Waals surface area contributed by atoms with Crippen LogP contribution in [0.5, 0.6) is 0 Å². The van der Waals surface area contributed by atoms with Crippen LogP contribution in [0.3, 0.4) is 0 Å². The zero-order valence-corrected chi connectivity index (χ0v) is 16.4. The summed E-state index contributed by atoms with van der Waals surface area (Å²) in [5.41, 5.74) is 0.182. The maximum atomic E-state index is 12.8. The molecule has 0 aromatic heterocycles. The molecule has 2 heterocycles. The maximum Gasteiger partial charge on any atom is 0.225 e. The van der Waals surface area contributed by atoms with E-state index in [4.69, 9.17) is 4.74 Å². The van der Waals surface area contributed by atoms with Crippen LogP contribution in [0.4, 0.5) is 0 Å². The van der Waals surface area contributed by atoms with Crippen molar-refractivity contribution in [1.29, 1.82) is 0 Å². The molecule has 0 aliphatic carbocycles. The fourth-order valence-corrected chi connectivity index (χ4v) is 4.82. The molecule has 1 N–H and O–H groups in total. The first kappa shape index (κ1) is 19.4. The van der Waals surface area contributed by atoms with Crippen molar-refractivity contribution in [1.82, 2.24) is 4.90 Å². The van der Waals surface area contributed by atoms with Gasteiger partial charge in [-0.05, 0) is 37.7 Å². The number of hydrogen-bond acceptors (Lipinski definition) is 3. The third kappa shape index (κ3) is 4.29. The van der Waals surface area contributed by atoms with Crippen LogP contribution < -0.4 is 0 Å². The molecule has 2 aliphatic rings. The Morgan fingerprint density at radius 2 is 1.81 bits per heavy atom. The molecule has 3 unspecified atom stereocenters. The van der Waals surface area contributed by atoms with Crippen LogP contribution in [0.1, 0.15) is 64.9 Å². The Morgan fingerprint density at radius 3 is 2.38 bits per heavy atom. The Labute approximate surface area is 157 Å². The summed E-state index contributed by atoms with van der Waals surface area (Å²) in [6.45, 7) is 6.94. The maximum absolute atomic E-state index is 12.8. The number of benzene rings is 1. The lowest BCUT2D eigenvalue weighted by atomic mass is 9.80. The van der Waals surface area contributed by atoms with Gasteiger partial charge in [0.15, 0.2) is 0 Å². The third-order valence-electron chi connectivity index (χ3n) is 5.89. The van der Waals surface area contributed by atoms with Crippen molar-refractivity contribution in [3.05, 3.63) is 35.9 Å². The smallest absolute Gasteiger partial charge is 0.225 e. The van der Waals surface area contributed by atoms with Crippen LogP contribution in [0.15, 0.2) is 30.3 Å². The normalized spacial score (nSPS) is 29.2. The molecule has 1 aromatic rings. The van der Waals surface area contributed by atoms with Crippen LogP contribution in [0.2, 0.25) is 0 Å². The summed E-state index contributed by atoms with van der Waals surface area (Å²) in [5, 5.41) is 11.2. The van der Waals surface area contributed by atoms with Crippen LogP contribution in [-0.4, -0.2) is 40.7 Å². The SMILES string of the molecule is CC(C)CC(C)OCCC(=O)N1C2CCC1CC(O)(c1ccccc1)C2. The Kier molecular flexibility index (Phi) is 6.03. The molecule has 2 saturated heterocycles. The largest absolute Gasteiger partial charge is 0.385 e. The highest BCUT2D eigenvalue weighted by Crippen LogP contribution is 2.45. The van der Waals surface area contributed by atoms with Gasteiger partial charge in [0.2, 0.25) is 5.91 Å². The van der Waals surface area contributed by atoms with E-state index in [2.05, 4.69) is 20.8 Å². The fourth-order valence-electron chi connectivity index (χ4n) is 4.82. The molecule has 0 spiro atoms. The lowest BCUT2D eigenvalue weighted by Gasteiger charge is -2.44. The van der Waals surface area contributed by atoms with Crippen LogP contribution in [0.25, 0.3) is 0 Å². The molecule has 2 aliphatic heterocycles. The molecule has 3 rings (SSSR count). The quantitative estimate of drug-likeness (QED) is 0.804. The Bertz CT molecular complexity index is 587. The highest BCUT2D eigenvalue weighted by Gasteiger charge is 2.49. The first-order chi connectivity index (χ1) is 12.4. The number of carbonyl (C=O) groups is 1. The third-order valence-corrected chi connectivity index (χ3v) is 5.89. The predicted molar refractivity (Wildman–Crippen MR) is 103 cm³/mol. The molecule has 2 bridgehead atoms. The lowest BCUT2D eigenvalue weighted by Crippen LogP contribution is -2.52. The van der Waals surface area contributed by atoms with Crippen LogP contribution in [-0.2, 0) is 15.1 Å². The Hall–Kier alpha value is -1.39. The average molecular weight is 360 g/mol. The summed E-state index contributed by atoms with van der Waals surface area (Å²) < 4.78 is 5.82. The predicted octanol–water partition coefficient (Wildman–Crippen LogP) is 3.87. The number of fused-ring (bicyclic) bond motifs is 2. The second-order valence-electron chi connectivity index (χ2n) is 8.55. The Balaban J connectivity index is 1.56. The van der Waals surface area contributed by atoms with Crippen molar-refractivity contribution in [3.8, 4) is 0 Å². The van der Waals surface area contributed by atoms with Gasteiger partial charge < -0.3 is 14.7 Å². The lowest BCUT2D eigenvalue weighted by molar-refractivity contribution is -0.143. The van der Waals surface area contributed by atoms with Crippen molar-refractivity contribution >= 4 is 5.91 Å². The standard InChI is InChI=1S/C22H33NO3/c1-16(2)13-17(3)26-12-11-21(24)23-19-9-10-20(23)15-22(25,14-19)18-7-5-4-6-8-18/h4-8,16-17,19-20,25H,9-15H2,1-3H3. The molecule has 3 atom stereocenters. The molecule has 2 fully saturated rings. The monoisotopic (exact) mass is 359 g/mol. The van der Waals surface area contributed by atoms with E-state index in [0.717, 1.165) is 24.8 Å². The summed E-state index contributed by atoms with van der Waals surface area (Å²) in [6, 6.07) is 10.2. The van der Waals surface area contributed by atoms with Crippen LogP contribution >= 0.6 is 0 Å². The number of piperidine rings is 1. The molecule has 1 aromatic carbocycles. The second-order valence-corrected chi connectivity index (χ2v) is 8.55. The molecule has 4 nitrogen and oxygen atoms in total. The highest BCUT2D eigenvalue weighted by molar-refractivity contribution is 5.77. The number of rotatable bonds is 7. The number of amides is 1. The van der Waals surface area contributed by atoms with Crippen molar-refractivity contribution in [2.75, 3.05) is 6.61 Å². The van der Waals surface area contributed by atoms with Crippen LogP contribution in [0, 0.1) is 5.92 Å². The van der Waals surface area contributed by atoms with E-state index in [-0.39, 0.29) is 24.1 Å². The summed E-state index contributed by atoms with van der Waals surface area (Å²) in [7, 11) is 0. The van der Waals surface area contributed by atoms with Gasteiger partial charge in [0.05, 0.1) is 24.7 Å². The highest BCUT2D eigenvalue weighted by atomic mass is 16.5. The zero-order chi connectivity index (χ0) is 18.7. The molecule has 26 heavy (non-hydrogen) atoms. The summed E-state index contributed by atoms with van der Waals surface area (Å²) >= 11 is 0. The first-order valence-electron chi connectivity index (χ1n) is 10.1. The van der Waals surface area contributed by atoms with E-state index in [1.54, 1.807) is 0 Å². The summed E-state index contributed by atoms with van der Waals surface area (Å²) in [4.78, 5) is 14.8.